The van der Waals surface area contributed by atoms with E-state index in [0.29, 0.717) is 12.1 Å². The zero-order valence-electron chi connectivity index (χ0n) is 9.34. The highest BCUT2D eigenvalue weighted by Gasteiger charge is 2.20. The molecule has 4 nitrogen and oxygen atoms in total. The minimum atomic E-state index is -1.62. The monoisotopic (exact) mass is 261 g/mol. The van der Waals surface area contributed by atoms with Crippen molar-refractivity contribution in [1.82, 2.24) is 5.32 Å². The third-order valence-corrected chi connectivity index (χ3v) is 2.16. The van der Waals surface area contributed by atoms with Crippen molar-refractivity contribution >= 4 is 11.9 Å². The van der Waals surface area contributed by atoms with Crippen molar-refractivity contribution in [2.45, 2.75) is 19.4 Å². The molecule has 18 heavy (non-hydrogen) atoms. The van der Waals surface area contributed by atoms with Gasteiger partial charge in [0.1, 0.15) is 6.04 Å². The van der Waals surface area contributed by atoms with Crippen LogP contribution in [-0.2, 0) is 16.0 Å². The predicted molar refractivity (Wildman–Crippen MR) is 55.3 cm³/mol. The first-order valence-corrected chi connectivity index (χ1v) is 4.94. The number of halogens is 3. The van der Waals surface area contributed by atoms with E-state index in [0.717, 1.165) is 6.92 Å². The van der Waals surface area contributed by atoms with Crippen LogP contribution in [0, 0.1) is 17.5 Å². The molecule has 0 saturated heterocycles. The Kier molecular flexibility index (Phi) is 4.30. The van der Waals surface area contributed by atoms with Gasteiger partial charge in [0, 0.05) is 13.3 Å². The Morgan fingerprint density at radius 1 is 1.28 bits per heavy atom. The van der Waals surface area contributed by atoms with E-state index in [4.69, 9.17) is 5.11 Å². The van der Waals surface area contributed by atoms with Crippen LogP contribution in [0.15, 0.2) is 12.1 Å². The minimum absolute atomic E-state index is 0.0625. The second-order valence-corrected chi connectivity index (χ2v) is 3.67. The van der Waals surface area contributed by atoms with Gasteiger partial charge >= 0.3 is 5.97 Å². The Labute approximate surface area is 100 Å². The minimum Gasteiger partial charge on any atom is -0.480 e. The van der Waals surface area contributed by atoms with Crippen molar-refractivity contribution in [1.29, 1.82) is 0 Å². The van der Waals surface area contributed by atoms with Crippen LogP contribution in [0.3, 0.4) is 0 Å². The van der Waals surface area contributed by atoms with Crippen LogP contribution in [0.1, 0.15) is 12.5 Å². The van der Waals surface area contributed by atoms with Crippen molar-refractivity contribution in [2.75, 3.05) is 0 Å². The number of hydrogen-bond donors (Lipinski definition) is 2. The van der Waals surface area contributed by atoms with Crippen molar-refractivity contribution in [2.24, 2.45) is 0 Å². The molecule has 0 radical (unpaired) electrons. The molecule has 0 saturated carbocycles. The molecule has 0 fully saturated rings. The molecule has 1 amide bonds. The molecule has 0 aliphatic rings. The van der Waals surface area contributed by atoms with Crippen LogP contribution in [0.5, 0.6) is 0 Å². The Morgan fingerprint density at radius 3 is 2.17 bits per heavy atom. The summed E-state index contributed by atoms with van der Waals surface area (Å²) in [6.07, 6.45) is -0.344. The summed E-state index contributed by atoms with van der Waals surface area (Å²) < 4.78 is 38.5. The lowest BCUT2D eigenvalue weighted by Gasteiger charge is -2.13. The normalized spacial score (nSPS) is 12.0. The second-order valence-electron chi connectivity index (χ2n) is 3.67. The first-order chi connectivity index (χ1) is 8.31. The van der Waals surface area contributed by atoms with Crippen molar-refractivity contribution < 1.29 is 27.9 Å². The number of carbonyl (C=O) groups excluding carboxylic acids is 1. The largest absolute Gasteiger partial charge is 0.480 e. The fourth-order valence-electron chi connectivity index (χ4n) is 1.41. The summed E-state index contributed by atoms with van der Waals surface area (Å²) >= 11 is 0. The number of amides is 1. The predicted octanol–water partition coefficient (Wildman–Crippen LogP) is 1.24. The second kappa shape index (κ2) is 5.52. The number of hydrogen-bond acceptors (Lipinski definition) is 2. The van der Waals surface area contributed by atoms with E-state index in [9.17, 15) is 22.8 Å². The van der Waals surface area contributed by atoms with Gasteiger partial charge in [0.2, 0.25) is 5.91 Å². The van der Waals surface area contributed by atoms with Crippen LogP contribution in [-0.4, -0.2) is 23.0 Å². The fraction of sp³-hybridized carbons (Fsp3) is 0.273. The summed E-state index contributed by atoms with van der Waals surface area (Å²) in [4.78, 5) is 21.6. The topological polar surface area (TPSA) is 66.4 Å². The third kappa shape index (κ3) is 3.47. The lowest BCUT2D eigenvalue weighted by atomic mass is 10.1. The van der Waals surface area contributed by atoms with Crippen LogP contribution in [0.4, 0.5) is 13.2 Å². The smallest absolute Gasteiger partial charge is 0.326 e. The van der Waals surface area contributed by atoms with Crippen molar-refractivity contribution in [3.8, 4) is 0 Å². The molecular weight excluding hydrogens is 251 g/mol. The van der Waals surface area contributed by atoms with Gasteiger partial charge in [-0.2, -0.15) is 0 Å². The summed E-state index contributed by atoms with van der Waals surface area (Å²) in [5.41, 5.74) is -0.0625. The van der Waals surface area contributed by atoms with E-state index in [-0.39, 0.29) is 12.0 Å². The van der Waals surface area contributed by atoms with Crippen LogP contribution in [0.2, 0.25) is 0 Å². The molecular formula is C11H10F3NO3. The molecule has 0 aliphatic heterocycles. The van der Waals surface area contributed by atoms with Gasteiger partial charge in [-0.05, 0) is 17.7 Å². The number of rotatable bonds is 4. The molecule has 1 aromatic rings. The van der Waals surface area contributed by atoms with E-state index in [1.807, 2.05) is 0 Å². The Morgan fingerprint density at radius 2 is 1.78 bits per heavy atom. The SMILES string of the molecule is CC(=O)NC(Cc1cc(F)c(F)c(F)c1)C(=O)O. The first-order valence-electron chi connectivity index (χ1n) is 4.94. The van der Waals surface area contributed by atoms with E-state index >= 15 is 0 Å². The standard InChI is InChI=1S/C11H10F3NO3/c1-5(16)15-9(11(17)18)4-6-2-7(12)10(14)8(13)3-6/h2-3,9H,4H2,1H3,(H,15,16)(H,17,18). The average Bonchev–Trinajstić information content (AvgIpc) is 2.24. The Bertz CT molecular complexity index is 467. The molecule has 1 unspecified atom stereocenters. The molecule has 1 rings (SSSR count). The number of nitrogens with one attached hydrogen (secondary N) is 1. The lowest BCUT2D eigenvalue weighted by molar-refractivity contribution is -0.141. The van der Waals surface area contributed by atoms with Gasteiger partial charge in [-0.3, -0.25) is 4.79 Å². The maximum atomic E-state index is 12.9. The van der Waals surface area contributed by atoms with Gasteiger partial charge in [0.25, 0.3) is 0 Å². The summed E-state index contributed by atoms with van der Waals surface area (Å²) in [7, 11) is 0. The number of carbonyl (C=O) groups is 2. The molecule has 2 N–H and O–H groups in total. The summed E-state index contributed by atoms with van der Waals surface area (Å²) in [6.45, 7) is 1.11. The molecule has 1 aromatic carbocycles. The van der Waals surface area contributed by atoms with Gasteiger partial charge in [-0.1, -0.05) is 0 Å². The van der Waals surface area contributed by atoms with Crippen LogP contribution in [0.25, 0.3) is 0 Å². The first kappa shape index (κ1) is 14.0. The Hall–Kier alpha value is -2.05. The van der Waals surface area contributed by atoms with E-state index in [1.54, 1.807) is 0 Å². The molecule has 0 bridgehead atoms. The van der Waals surface area contributed by atoms with E-state index in [1.165, 1.54) is 0 Å². The van der Waals surface area contributed by atoms with Gasteiger partial charge in [0.15, 0.2) is 17.5 Å². The van der Waals surface area contributed by atoms with Crippen molar-refractivity contribution in [3.63, 3.8) is 0 Å². The molecule has 0 aliphatic carbocycles. The van der Waals surface area contributed by atoms with Crippen LogP contribution < -0.4 is 5.32 Å². The van der Waals surface area contributed by atoms with E-state index in [2.05, 4.69) is 5.32 Å². The maximum Gasteiger partial charge on any atom is 0.326 e. The maximum absolute atomic E-state index is 12.9. The zero-order valence-corrected chi connectivity index (χ0v) is 9.34. The molecule has 98 valence electrons. The highest BCUT2D eigenvalue weighted by atomic mass is 19.2. The quantitative estimate of drug-likeness (QED) is 0.801. The highest BCUT2D eigenvalue weighted by Crippen LogP contribution is 2.15. The van der Waals surface area contributed by atoms with Gasteiger partial charge in [0.05, 0.1) is 0 Å². The van der Waals surface area contributed by atoms with E-state index < -0.39 is 35.4 Å². The number of carboxylic acids is 1. The Balaban J connectivity index is 2.94. The fourth-order valence-corrected chi connectivity index (χ4v) is 1.41. The molecule has 1 atom stereocenters. The van der Waals surface area contributed by atoms with Gasteiger partial charge < -0.3 is 10.4 Å². The zero-order chi connectivity index (χ0) is 13.9. The molecule has 0 aromatic heterocycles. The molecule has 0 spiro atoms. The number of benzene rings is 1. The highest BCUT2D eigenvalue weighted by molar-refractivity contribution is 5.82. The number of carboxylic acid groups (broad SMARTS) is 1. The van der Waals surface area contributed by atoms with Crippen LogP contribution >= 0.6 is 0 Å². The molecule has 7 heteroatoms. The third-order valence-electron chi connectivity index (χ3n) is 2.16. The van der Waals surface area contributed by atoms with Gasteiger partial charge in [-0.15, -0.1) is 0 Å². The lowest BCUT2D eigenvalue weighted by Crippen LogP contribution is -2.41. The summed E-state index contributed by atoms with van der Waals surface area (Å²) in [5.74, 6) is -6.38. The number of aliphatic carboxylic acids is 1. The summed E-state index contributed by atoms with van der Waals surface area (Å²) in [6, 6.07) is 0.0542. The van der Waals surface area contributed by atoms with Gasteiger partial charge in [-0.25, -0.2) is 18.0 Å². The average molecular weight is 261 g/mol. The van der Waals surface area contributed by atoms with Crippen molar-refractivity contribution in [3.05, 3.63) is 35.1 Å². The molecule has 0 heterocycles. The summed E-state index contributed by atoms with van der Waals surface area (Å²) in [5, 5.41) is 10.9.